The average molecular weight is 514 g/mol. The highest BCUT2D eigenvalue weighted by atomic mass is 32.1. The Bertz CT molecular complexity index is 1550. The Hall–Kier alpha value is -3.51. The second-order valence-electron chi connectivity index (χ2n) is 10.2. The molecule has 1 heterocycles. The van der Waals surface area contributed by atoms with Crippen LogP contribution in [0.2, 0.25) is 0 Å². The van der Waals surface area contributed by atoms with E-state index in [2.05, 4.69) is 18.2 Å². The fraction of sp³-hybridized carbons (Fsp3) is 0.290. The number of hydrogen-bond donors (Lipinski definition) is 1. The van der Waals surface area contributed by atoms with Gasteiger partial charge in [-0.3, -0.25) is 4.79 Å². The van der Waals surface area contributed by atoms with Gasteiger partial charge in [-0.05, 0) is 90.6 Å². The third-order valence-corrected chi connectivity index (χ3v) is 9.06. The summed E-state index contributed by atoms with van der Waals surface area (Å²) in [6, 6.07) is 18.9. The molecule has 1 aromatic heterocycles. The summed E-state index contributed by atoms with van der Waals surface area (Å²) in [5.41, 5.74) is 3.45. The maximum absolute atomic E-state index is 14.6. The van der Waals surface area contributed by atoms with Crippen LogP contribution in [-0.2, 0) is 16.6 Å². The summed E-state index contributed by atoms with van der Waals surface area (Å²) >= 11 is 1.75. The van der Waals surface area contributed by atoms with Crippen LogP contribution in [-0.4, -0.2) is 23.2 Å². The van der Waals surface area contributed by atoms with Crippen molar-refractivity contribution in [2.75, 3.05) is 7.11 Å². The van der Waals surface area contributed by atoms with Crippen LogP contribution >= 0.6 is 11.3 Å². The molecular formula is C31H28FNO3S. The van der Waals surface area contributed by atoms with Gasteiger partial charge in [0.25, 0.3) is 0 Å². The van der Waals surface area contributed by atoms with E-state index in [1.807, 2.05) is 30.3 Å². The zero-order chi connectivity index (χ0) is 25.7. The number of carboxylic acids is 1. The van der Waals surface area contributed by atoms with Crippen molar-refractivity contribution in [3.8, 4) is 5.75 Å². The molecule has 2 unspecified atom stereocenters. The van der Waals surface area contributed by atoms with Crippen LogP contribution in [0.25, 0.3) is 15.8 Å². The van der Waals surface area contributed by atoms with Gasteiger partial charge in [0.2, 0.25) is 0 Å². The molecule has 0 saturated heterocycles. The van der Waals surface area contributed by atoms with Crippen molar-refractivity contribution < 1.29 is 19.0 Å². The number of halogens is 1. The maximum atomic E-state index is 14.6. The molecule has 2 atom stereocenters. The van der Waals surface area contributed by atoms with Crippen LogP contribution in [0.4, 0.5) is 4.39 Å². The molecule has 3 aromatic carbocycles. The first-order chi connectivity index (χ1) is 17.9. The number of carbonyl (C=O) groups is 1. The molecule has 0 spiro atoms. The SMILES string of the molecule is COc1ccccc1CC1CC(C(=O)O)(c2cccc(F)c2C)C=C1c1ccc2sc(C3CC3)nc2c1. The highest BCUT2D eigenvalue weighted by molar-refractivity contribution is 7.18. The molecule has 6 rings (SSSR count). The summed E-state index contributed by atoms with van der Waals surface area (Å²) in [6.07, 6.45) is 5.22. The zero-order valence-electron chi connectivity index (χ0n) is 20.8. The van der Waals surface area contributed by atoms with Crippen LogP contribution in [0.1, 0.15) is 52.4 Å². The number of allylic oxidation sites excluding steroid dienone is 1. The number of methoxy groups -OCH3 is 1. The molecule has 0 amide bonds. The van der Waals surface area contributed by atoms with E-state index in [9.17, 15) is 14.3 Å². The van der Waals surface area contributed by atoms with E-state index in [0.717, 1.165) is 32.7 Å². The second kappa shape index (κ2) is 9.10. The lowest BCUT2D eigenvalue weighted by Gasteiger charge is -2.26. The van der Waals surface area contributed by atoms with E-state index in [-0.39, 0.29) is 5.92 Å². The number of rotatable bonds is 7. The number of thiazole rings is 1. The molecule has 37 heavy (non-hydrogen) atoms. The van der Waals surface area contributed by atoms with Gasteiger partial charge in [-0.1, -0.05) is 42.5 Å². The number of ether oxygens (including phenoxy) is 1. The van der Waals surface area contributed by atoms with Gasteiger partial charge in [0.1, 0.15) is 17.0 Å². The van der Waals surface area contributed by atoms with Gasteiger partial charge in [0.05, 0.1) is 22.3 Å². The van der Waals surface area contributed by atoms with Gasteiger partial charge in [-0.2, -0.15) is 0 Å². The van der Waals surface area contributed by atoms with Crippen LogP contribution in [0.5, 0.6) is 5.75 Å². The molecule has 1 fully saturated rings. The minimum Gasteiger partial charge on any atom is -0.496 e. The van der Waals surface area contributed by atoms with Gasteiger partial charge in [0.15, 0.2) is 0 Å². The smallest absolute Gasteiger partial charge is 0.318 e. The molecular weight excluding hydrogens is 485 g/mol. The van der Waals surface area contributed by atoms with Crippen LogP contribution in [0.3, 0.4) is 0 Å². The number of para-hydroxylation sites is 1. The van der Waals surface area contributed by atoms with E-state index in [0.29, 0.717) is 29.9 Å². The van der Waals surface area contributed by atoms with Crippen molar-refractivity contribution in [3.05, 3.63) is 99.8 Å². The summed E-state index contributed by atoms with van der Waals surface area (Å²) in [7, 11) is 1.65. The number of hydrogen-bond acceptors (Lipinski definition) is 4. The summed E-state index contributed by atoms with van der Waals surface area (Å²) < 4.78 is 21.4. The Morgan fingerprint density at radius 3 is 2.73 bits per heavy atom. The Kier molecular flexibility index (Phi) is 5.87. The van der Waals surface area contributed by atoms with Crippen molar-refractivity contribution in [2.24, 2.45) is 5.92 Å². The Balaban J connectivity index is 1.50. The largest absolute Gasteiger partial charge is 0.496 e. The number of aromatic nitrogens is 1. The Morgan fingerprint density at radius 2 is 1.97 bits per heavy atom. The Morgan fingerprint density at radius 1 is 1.16 bits per heavy atom. The molecule has 0 radical (unpaired) electrons. The van der Waals surface area contributed by atoms with Crippen molar-refractivity contribution in [1.29, 1.82) is 0 Å². The number of benzene rings is 3. The molecule has 1 saturated carbocycles. The standard InChI is InChI=1S/C31H28FNO3S/c1-18-24(7-5-8-25(18)32)31(30(34)35)16-22(14-21-6-3-4-9-27(21)36-2)23(17-31)20-12-13-28-26(15-20)33-29(37-28)19-10-11-19/h3-9,12-13,15,17,19,22H,10-11,14,16H2,1-2H3,(H,34,35). The number of fused-ring (bicyclic) bond motifs is 1. The van der Waals surface area contributed by atoms with Crippen LogP contribution < -0.4 is 4.74 Å². The molecule has 2 aliphatic rings. The molecule has 4 aromatic rings. The zero-order valence-corrected chi connectivity index (χ0v) is 21.6. The summed E-state index contributed by atoms with van der Waals surface area (Å²) in [5, 5.41) is 11.8. The first-order valence-corrected chi connectivity index (χ1v) is 13.5. The normalized spacial score (nSPS) is 21.3. The van der Waals surface area contributed by atoms with E-state index in [1.54, 1.807) is 37.5 Å². The van der Waals surface area contributed by atoms with Crippen molar-refractivity contribution >= 4 is 33.1 Å². The molecule has 4 nitrogen and oxygen atoms in total. The monoisotopic (exact) mass is 513 g/mol. The lowest BCUT2D eigenvalue weighted by atomic mass is 9.75. The van der Waals surface area contributed by atoms with E-state index >= 15 is 0 Å². The minimum absolute atomic E-state index is 0.103. The molecule has 0 aliphatic heterocycles. The van der Waals surface area contributed by atoms with Crippen molar-refractivity contribution in [3.63, 3.8) is 0 Å². The van der Waals surface area contributed by atoms with E-state index in [4.69, 9.17) is 9.72 Å². The maximum Gasteiger partial charge on any atom is 0.318 e. The molecule has 1 N–H and O–H groups in total. The van der Waals surface area contributed by atoms with Gasteiger partial charge in [0, 0.05) is 5.92 Å². The predicted molar refractivity (Wildman–Crippen MR) is 145 cm³/mol. The third-order valence-electron chi connectivity index (χ3n) is 7.86. The molecule has 188 valence electrons. The van der Waals surface area contributed by atoms with Crippen molar-refractivity contribution in [2.45, 2.75) is 43.9 Å². The van der Waals surface area contributed by atoms with E-state index < -0.39 is 17.2 Å². The summed E-state index contributed by atoms with van der Waals surface area (Å²) in [4.78, 5) is 17.9. The third kappa shape index (κ3) is 4.13. The fourth-order valence-corrected chi connectivity index (χ4v) is 6.87. The van der Waals surface area contributed by atoms with Gasteiger partial charge in [-0.25, -0.2) is 9.37 Å². The van der Waals surface area contributed by atoms with Crippen LogP contribution in [0, 0.1) is 18.7 Å². The average Bonchev–Trinajstić information content (AvgIpc) is 3.55. The first kappa shape index (κ1) is 23.9. The quantitative estimate of drug-likeness (QED) is 0.282. The molecule has 2 aliphatic carbocycles. The van der Waals surface area contributed by atoms with Gasteiger partial charge >= 0.3 is 5.97 Å². The minimum atomic E-state index is -1.33. The lowest BCUT2D eigenvalue weighted by Crippen LogP contribution is -2.34. The Labute approximate surface area is 219 Å². The summed E-state index contributed by atoms with van der Waals surface area (Å²) in [5.74, 6) is -0.0973. The first-order valence-electron chi connectivity index (χ1n) is 12.6. The topological polar surface area (TPSA) is 59.4 Å². The van der Waals surface area contributed by atoms with Crippen molar-refractivity contribution in [1.82, 2.24) is 4.98 Å². The highest BCUT2D eigenvalue weighted by Crippen LogP contribution is 2.50. The second-order valence-corrected chi connectivity index (χ2v) is 11.3. The number of carboxylic acid groups (broad SMARTS) is 1. The fourth-order valence-electron chi connectivity index (χ4n) is 5.75. The lowest BCUT2D eigenvalue weighted by molar-refractivity contribution is -0.142. The highest BCUT2D eigenvalue weighted by Gasteiger charge is 2.48. The van der Waals surface area contributed by atoms with Gasteiger partial charge < -0.3 is 9.84 Å². The summed E-state index contributed by atoms with van der Waals surface area (Å²) in [6.45, 7) is 1.66. The van der Waals surface area contributed by atoms with E-state index in [1.165, 1.54) is 23.9 Å². The predicted octanol–water partition coefficient (Wildman–Crippen LogP) is 7.30. The van der Waals surface area contributed by atoms with Crippen LogP contribution in [0.15, 0.2) is 66.7 Å². The number of aliphatic carboxylic acids is 1. The number of nitrogens with zero attached hydrogens (tertiary/aromatic N) is 1. The van der Waals surface area contributed by atoms with Gasteiger partial charge in [-0.15, -0.1) is 11.3 Å². The molecule has 0 bridgehead atoms. The molecule has 6 heteroatoms.